The zero-order chi connectivity index (χ0) is 18.5. The number of hydrogen-bond acceptors (Lipinski definition) is 4. The lowest BCUT2D eigenvalue weighted by molar-refractivity contribution is 0.186. The van der Waals surface area contributed by atoms with Crippen molar-refractivity contribution in [3.63, 3.8) is 0 Å². The average molecular weight is 364 g/mol. The van der Waals surface area contributed by atoms with Crippen LogP contribution in [-0.2, 0) is 15.4 Å². The standard InChI is InChI=1S/C19H29N3O2S/c1-19(2,3)17-7-9-18(10-8-17)25(23,24)22-15-13-21(14-16-22)12-6-4-5-11-20/h7-10H,4-6,12-16H2,1-3H3. The SMILES string of the molecule is CC(C)(C)c1ccc(S(=O)(=O)N2CCN(CCCCC#N)CC2)cc1. The third-order valence-corrected chi connectivity index (χ3v) is 6.62. The molecule has 138 valence electrons. The molecule has 1 aliphatic heterocycles. The zero-order valence-corrected chi connectivity index (χ0v) is 16.3. The molecule has 0 spiro atoms. The van der Waals surface area contributed by atoms with Gasteiger partial charge in [0, 0.05) is 32.6 Å². The number of nitriles is 1. The third-order valence-electron chi connectivity index (χ3n) is 4.70. The van der Waals surface area contributed by atoms with Crippen LogP contribution in [0.25, 0.3) is 0 Å². The summed E-state index contributed by atoms with van der Waals surface area (Å²) in [5, 5.41) is 8.56. The smallest absolute Gasteiger partial charge is 0.243 e. The molecule has 0 N–H and O–H groups in total. The maximum Gasteiger partial charge on any atom is 0.243 e. The molecule has 6 heteroatoms. The lowest BCUT2D eigenvalue weighted by atomic mass is 9.87. The van der Waals surface area contributed by atoms with E-state index in [9.17, 15) is 8.42 Å². The van der Waals surface area contributed by atoms with Crippen LogP contribution in [-0.4, -0.2) is 50.3 Å². The van der Waals surface area contributed by atoms with E-state index < -0.39 is 10.0 Å². The van der Waals surface area contributed by atoms with Crippen molar-refractivity contribution in [2.75, 3.05) is 32.7 Å². The van der Waals surface area contributed by atoms with Gasteiger partial charge in [0.05, 0.1) is 11.0 Å². The number of hydrogen-bond donors (Lipinski definition) is 0. The number of sulfonamides is 1. The lowest BCUT2D eigenvalue weighted by Gasteiger charge is -2.34. The average Bonchev–Trinajstić information content (AvgIpc) is 2.58. The Bertz CT molecular complexity index is 692. The van der Waals surface area contributed by atoms with Crippen molar-refractivity contribution < 1.29 is 8.42 Å². The normalized spacial score (nSPS) is 17.4. The van der Waals surface area contributed by atoms with Gasteiger partial charge < -0.3 is 4.90 Å². The Hall–Kier alpha value is -1.42. The van der Waals surface area contributed by atoms with Crippen LogP contribution in [0.1, 0.15) is 45.6 Å². The summed E-state index contributed by atoms with van der Waals surface area (Å²) in [5.41, 5.74) is 1.15. The van der Waals surface area contributed by atoms with Gasteiger partial charge in [0.25, 0.3) is 0 Å². The van der Waals surface area contributed by atoms with E-state index in [4.69, 9.17) is 5.26 Å². The molecule has 0 radical (unpaired) electrons. The van der Waals surface area contributed by atoms with E-state index in [1.807, 2.05) is 12.1 Å². The van der Waals surface area contributed by atoms with E-state index in [2.05, 4.69) is 31.7 Å². The minimum atomic E-state index is -3.41. The Morgan fingerprint density at radius 3 is 2.16 bits per heavy atom. The second kappa shape index (κ2) is 8.31. The van der Waals surface area contributed by atoms with Crippen molar-refractivity contribution in [2.24, 2.45) is 0 Å². The number of nitrogens with zero attached hydrogens (tertiary/aromatic N) is 3. The predicted octanol–water partition coefficient (Wildman–Crippen LogP) is 2.98. The Morgan fingerprint density at radius 1 is 1.04 bits per heavy atom. The molecule has 5 nitrogen and oxygen atoms in total. The van der Waals surface area contributed by atoms with E-state index in [-0.39, 0.29) is 5.41 Å². The first kappa shape index (κ1) is 19.9. The largest absolute Gasteiger partial charge is 0.301 e. The first-order valence-corrected chi connectivity index (χ1v) is 10.4. The van der Waals surface area contributed by atoms with Gasteiger partial charge in [0.2, 0.25) is 10.0 Å². The van der Waals surface area contributed by atoms with Crippen LogP contribution in [0.5, 0.6) is 0 Å². The molecule has 25 heavy (non-hydrogen) atoms. The van der Waals surface area contributed by atoms with Gasteiger partial charge in [-0.1, -0.05) is 32.9 Å². The summed E-state index contributed by atoms with van der Waals surface area (Å²) in [5.74, 6) is 0. The third kappa shape index (κ3) is 5.27. The van der Waals surface area contributed by atoms with Crippen molar-refractivity contribution in [2.45, 2.75) is 50.3 Å². The number of benzene rings is 1. The van der Waals surface area contributed by atoms with Gasteiger partial charge in [-0.3, -0.25) is 0 Å². The highest BCUT2D eigenvalue weighted by Gasteiger charge is 2.28. The summed E-state index contributed by atoms with van der Waals surface area (Å²) in [6, 6.07) is 9.44. The second-order valence-electron chi connectivity index (χ2n) is 7.64. The van der Waals surface area contributed by atoms with Crippen LogP contribution in [0.15, 0.2) is 29.2 Å². The van der Waals surface area contributed by atoms with Gasteiger partial charge in [-0.05, 0) is 42.5 Å². The molecule has 2 rings (SSSR count). The molecule has 1 fully saturated rings. The first-order chi connectivity index (χ1) is 11.7. The molecular weight excluding hydrogens is 334 g/mol. The van der Waals surface area contributed by atoms with Crippen molar-refractivity contribution in [1.82, 2.24) is 9.21 Å². The van der Waals surface area contributed by atoms with Crippen LogP contribution in [0.4, 0.5) is 0 Å². The van der Waals surface area contributed by atoms with Crippen LogP contribution in [0.3, 0.4) is 0 Å². The number of rotatable bonds is 6. The molecule has 0 bridgehead atoms. The molecule has 0 amide bonds. The zero-order valence-electron chi connectivity index (χ0n) is 15.5. The Morgan fingerprint density at radius 2 is 1.64 bits per heavy atom. The monoisotopic (exact) mass is 363 g/mol. The van der Waals surface area contributed by atoms with E-state index >= 15 is 0 Å². The van der Waals surface area contributed by atoms with E-state index in [0.29, 0.717) is 24.4 Å². The first-order valence-electron chi connectivity index (χ1n) is 8.95. The van der Waals surface area contributed by atoms with Crippen LogP contribution >= 0.6 is 0 Å². The highest BCUT2D eigenvalue weighted by Crippen LogP contribution is 2.25. The van der Waals surface area contributed by atoms with Gasteiger partial charge in [0.1, 0.15) is 0 Å². The van der Waals surface area contributed by atoms with Crippen molar-refractivity contribution in [1.29, 1.82) is 5.26 Å². The summed E-state index contributed by atoms with van der Waals surface area (Å²) < 4.78 is 27.2. The topological polar surface area (TPSA) is 64.4 Å². The summed E-state index contributed by atoms with van der Waals surface area (Å²) in [4.78, 5) is 2.66. The molecule has 0 saturated carbocycles. The fraction of sp³-hybridized carbons (Fsp3) is 0.632. The van der Waals surface area contributed by atoms with E-state index in [1.54, 1.807) is 16.4 Å². The minimum absolute atomic E-state index is 0.0134. The second-order valence-corrected chi connectivity index (χ2v) is 9.57. The Kier molecular flexibility index (Phi) is 6.61. The molecular formula is C19H29N3O2S. The van der Waals surface area contributed by atoms with E-state index in [0.717, 1.165) is 38.0 Å². The predicted molar refractivity (Wildman–Crippen MR) is 99.8 cm³/mol. The van der Waals surface area contributed by atoms with Gasteiger partial charge in [-0.25, -0.2) is 8.42 Å². The van der Waals surface area contributed by atoms with Crippen LogP contribution in [0, 0.1) is 11.3 Å². The molecule has 0 aliphatic carbocycles. The molecule has 1 saturated heterocycles. The summed E-state index contributed by atoms with van der Waals surface area (Å²) in [7, 11) is -3.41. The summed E-state index contributed by atoms with van der Waals surface area (Å²) in [6.45, 7) is 9.86. The van der Waals surface area contributed by atoms with Crippen LogP contribution < -0.4 is 0 Å². The van der Waals surface area contributed by atoms with Crippen molar-refractivity contribution in [3.8, 4) is 6.07 Å². The molecule has 1 aromatic rings. The number of piperazine rings is 1. The Balaban J connectivity index is 1.94. The molecule has 1 heterocycles. The highest BCUT2D eigenvalue weighted by atomic mass is 32.2. The van der Waals surface area contributed by atoms with Crippen LogP contribution in [0.2, 0.25) is 0 Å². The van der Waals surface area contributed by atoms with Gasteiger partial charge >= 0.3 is 0 Å². The van der Waals surface area contributed by atoms with Crippen molar-refractivity contribution in [3.05, 3.63) is 29.8 Å². The molecule has 0 aromatic heterocycles. The summed E-state index contributed by atoms with van der Waals surface area (Å²) in [6.07, 6.45) is 2.50. The fourth-order valence-corrected chi connectivity index (χ4v) is 4.43. The summed E-state index contributed by atoms with van der Waals surface area (Å²) >= 11 is 0. The van der Waals surface area contributed by atoms with Crippen molar-refractivity contribution >= 4 is 10.0 Å². The maximum absolute atomic E-state index is 12.8. The van der Waals surface area contributed by atoms with E-state index in [1.165, 1.54) is 0 Å². The maximum atomic E-state index is 12.8. The number of unbranched alkanes of at least 4 members (excludes halogenated alkanes) is 2. The van der Waals surface area contributed by atoms with Gasteiger partial charge in [0.15, 0.2) is 0 Å². The molecule has 1 aliphatic rings. The van der Waals surface area contributed by atoms with Gasteiger partial charge in [-0.15, -0.1) is 0 Å². The quantitative estimate of drug-likeness (QED) is 0.729. The Labute approximate surface area is 152 Å². The molecule has 0 unspecified atom stereocenters. The highest BCUT2D eigenvalue weighted by molar-refractivity contribution is 7.89. The van der Waals surface area contributed by atoms with Gasteiger partial charge in [-0.2, -0.15) is 9.57 Å². The minimum Gasteiger partial charge on any atom is -0.301 e. The molecule has 1 aromatic carbocycles. The molecule has 0 atom stereocenters. The lowest BCUT2D eigenvalue weighted by Crippen LogP contribution is -2.48. The fourth-order valence-electron chi connectivity index (χ4n) is 3.01.